The first-order valence-electron chi connectivity index (χ1n) is 6.22. The summed E-state index contributed by atoms with van der Waals surface area (Å²) in [4.78, 5) is 24.7. The van der Waals surface area contributed by atoms with Crippen LogP contribution in [-0.4, -0.2) is 34.6 Å². The number of benzene rings is 1. The number of carbonyl (C=O) groups excluding carboxylic acids is 1. The Kier molecular flexibility index (Phi) is 5.04. The number of likely N-dealkylation sites (tertiary alicyclic amines) is 1. The first-order valence-corrected chi connectivity index (χ1v) is 7.81. The Morgan fingerprint density at radius 1 is 1.35 bits per heavy atom. The minimum absolute atomic E-state index is 0.00938. The predicted octanol–water partition coefficient (Wildman–Crippen LogP) is 3.68. The molecule has 1 fully saturated rings. The van der Waals surface area contributed by atoms with Gasteiger partial charge in [-0.1, -0.05) is 6.07 Å². The number of aliphatic carboxylic acids is 1. The molecule has 0 spiro atoms. The lowest BCUT2D eigenvalue weighted by atomic mass is 10.1. The molecule has 7 heteroatoms. The van der Waals surface area contributed by atoms with Gasteiger partial charge in [-0.15, -0.1) is 0 Å². The van der Waals surface area contributed by atoms with Gasteiger partial charge in [-0.2, -0.15) is 0 Å². The number of carboxylic acids is 1. The van der Waals surface area contributed by atoms with Gasteiger partial charge in [0.05, 0.1) is 12.1 Å². The number of hydrogen-bond acceptors (Lipinski definition) is 2. The molecule has 0 radical (unpaired) electrons. The number of urea groups is 1. The van der Waals surface area contributed by atoms with Crippen molar-refractivity contribution in [2.45, 2.75) is 25.3 Å². The summed E-state index contributed by atoms with van der Waals surface area (Å²) in [5, 5.41) is 11.7. The van der Waals surface area contributed by atoms with Crippen molar-refractivity contribution in [1.82, 2.24) is 4.90 Å². The number of nitrogens with one attached hydrogen (secondary N) is 1. The van der Waals surface area contributed by atoms with Crippen LogP contribution in [0.3, 0.4) is 0 Å². The van der Waals surface area contributed by atoms with Crippen LogP contribution in [0.2, 0.25) is 0 Å². The summed E-state index contributed by atoms with van der Waals surface area (Å²) >= 11 is 6.76. The number of carboxylic acid groups (broad SMARTS) is 1. The van der Waals surface area contributed by atoms with Gasteiger partial charge in [-0.25, -0.2) is 4.79 Å². The molecule has 0 bridgehead atoms. The molecule has 2 N–H and O–H groups in total. The molecule has 1 unspecified atom stereocenters. The van der Waals surface area contributed by atoms with Crippen LogP contribution in [0.15, 0.2) is 27.1 Å². The highest BCUT2D eigenvalue weighted by Crippen LogP contribution is 2.31. The maximum atomic E-state index is 12.3. The summed E-state index contributed by atoms with van der Waals surface area (Å²) < 4.78 is 1.54. The van der Waals surface area contributed by atoms with E-state index in [1.807, 2.05) is 18.2 Å². The Labute approximate surface area is 133 Å². The van der Waals surface area contributed by atoms with Crippen molar-refractivity contribution in [1.29, 1.82) is 0 Å². The summed E-state index contributed by atoms with van der Waals surface area (Å²) in [5.74, 6) is -0.878. The fraction of sp³-hybridized carbons (Fsp3) is 0.385. The van der Waals surface area contributed by atoms with Crippen LogP contribution in [0.1, 0.15) is 19.3 Å². The molecule has 1 aliphatic heterocycles. The summed E-state index contributed by atoms with van der Waals surface area (Å²) in [5.41, 5.74) is 0.651. The molecule has 2 amide bonds. The van der Waals surface area contributed by atoms with Crippen LogP contribution in [0.5, 0.6) is 0 Å². The third-order valence-electron chi connectivity index (χ3n) is 3.24. The van der Waals surface area contributed by atoms with Crippen molar-refractivity contribution in [3.8, 4) is 0 Å². The lowest BCUT2D eigenvalue weighted by molar-refractivity contribution is -0.137. The summed E-state index contributed by atoms with van der Waals surface area (Å²) in [6.07, 6.45) is 1.56. The van der Waals surface area contributed by atoms with Gasteiger partial charge in [-0.3, -0.25) is 4.79 Å². The van der Waals surface area contributed by atoms with Gasteiger partial charge in [0.15, 0.2) is 0 Å². The molecule has 1 aromatic carbocycles. The van der Waals surface area contributed by atoms with Gasteiger partial charge < -0.3 is 15.3 Å². The largest absolute Gasteiger partial charge is 0.481 e. The van der Waals surface area contributed by atoms with E-state index in [0.29, 0.717) is 12.2 Å². The molecule has 20 heavy (non-hydrogen) atoms. The number of anilines is 1. The molecule has 1 aromatic rings. The Morgan fingerprint density at radius 3 is 2.60 bits per heavy atom. The van der Waals surface area contributed by atoms with E-state index in [2.05, 4.69) is 37.2 Å². The Bertz CT molecular complexity index is 516. The first-order chi connectivity index (χ1) is 9.49. The van der Waals surface area contributed by atoms with E-state index in [-0.39, 0.29) is 18.5 Å². The minimum Gasteiger partial charge on any atom is -0.481 e. The monoisotopic (exact) mass is 404 g/mol. The molecule has 0 aromatic heterocycles. The maximum Gasteiger partial charge on any atom is 0.322 e. The number of hydrogen-bond donors (Lipinski definition) is 2. The molecule has 1 saturated heterocycles. The van der Waals surface area contributed by atoms with E-state index in [1.165, 1.54) is 0 Å². The van der Waals surface area contributed by atoms with Gasteiger partial charge in [0.25, 0.3) is 0 Å². The Balaban J connectivity index is 2.09. The molecule has 1 atom stereocenters. The van der Waals surface area contributed by atoms with E-state index in [1.54, 1.807) is 4.90 Å². The molecular formula is C13H14Br2N2O3. The predicted molar refractivity (Wildman–Crippen MR) is 82.8 cm³/mol. The van der Waals surface area contributed by atoms with E-state index in [9.17, 15) is 9.59 Å². The van der Waals surface area contributed by atoms with Gasteiger partial charge in [0.1, 0.15) is 0 Å². The summed E-state index contributed by atoms with van der Waals surface area (Å²) in [6, 6.07) is 5.03. The van der Waals surface area contributed by atoms with Crippen molar-refractivity contribution in [3.63, 3.8) is 0 Å². The smallest absolute Gasteiger partial charge is 0.322 e. The zero-order valence-electron chi connectivity index (χ0n) is 10.6. The van der Waals surface area contributed by atoms with E-state index in [4.69, 9.17) is 5.11 Å². The maximum absolute atomic E-state index is 12.3. The number of nitrogens with zero attached hydrogens (tertiary/aromatic N) is 1. The highest BCUT2D eigenvalue weighted by Gasteiger charge is 2.30. The SMILES string of the molecule is O=C(O)CC1CCCN1C(=O)Nc1c(Br)cccc1Br. The lowest BCUT2D eigenvalue weighted by Gasteiger charge is -2.24. The molecule has 1 aliphatic rings. The van der Waals surface area contributed by atoms with Crippen molar-refractivity contribution in [2.24, 2.45) is 0 Å². The van der Waals surface area contributed by atoms with E-state index < -0.39 is 5.97 Å². The highest BCUT2D eigenvalue weighted by molar-refractivity contribution is 9.11. The zero-order valence-corrected chi connectivity index (χ0v) is 13.8. The highest BCUT2D eigenvalue weighted by atomic mass is 79.9. The standard InChI is InChI=1S/C13H14Br2N2O3/c14-9-4-1-5-10(15)12(9)16-13(20)17-6-2-3-8(17)7-11(18)19/h1,4-5,8H,2-3,6-7H2,(H,16,20)(H,18,19). The fourth-order valence-electron chi connectivity index (χ4n) is 2.31. The second-order valence-corrected chi connectivity index (χ2v) is 6.32. The van der Waals surface area contributed by atoms with Crippen molar-refractivity contribution < 1.29 is 14.7 Å². The Hall–Kier alpha value is -1.08. The van der Waals surface area contributed by atoms with Crippen LogP contribution < -0.4 is 5.32 Å². The lowest BCUT2D eigenvalue weighted by Crippen LogP contribution is -2.39. The van der Waals surface area contributed by atoms with E-state index >= 15 is 0 Å². The minimum atomic E-state index is -0.878. The Morgan fingerprint density at radius 2 is 2.00 bits per heavy atom. The van der Waals surface area contributed by atoms with Crippen molar-refractivity contribution >= 4 is 49.5 Å². The molecular weight excluding hydrogens is 392 g/mol. The first kappa shape index (κ1) is 15.3. The van der Waals surface area contributed by atoms with Gasteiger partial charge in [0.2, 0.25) is 0 Å². The van der Waals surface area contributed by atoms with Crippen LogP contribution in [-0.2, 0) is 4.79 Å². The molecule has 108 valence electrons. The number of halogens is 2. The van der Waals surface area contributed by atoms with Crippen molar-refractivity contribution in [2.75, 3.05) is 11.9 Å². The summed E-state index contributed by atoms with van der Waals surface area (Å²) in [7, 11) is 0. The van der Waals surface area contributed by atoms with Crippen molar-refractivity contribution in [3.05, 3.63) is 27.1 Å². The average molecular weight is 406 g/mol. The fourth-order valence-corrected chi connectivity index (χ4v) is 3.51. The third kappa shape index (κ3) is 3.52. The number of carbonyl (C=O) groups is 2. The molecule has 0 aliphatic carbocycles. The number of amides is 2. The van der Waals surface area contributed by atoms with Crippen LogP contribution in [0.25, 0.3) is 0 Å². The van der Waals surface area contributed by atoms with Crippen LogP contribution in [0.4, 0.5) is 10.5 Å². The van der Waals surface area contributed by atoms with Crippen LogP contribution >= 0.6 is 31.9 Å². The molecule has 2 rings (SSSR count). The second kappa shape index (κ2) is 6.58. The summed E-state index contributed by atoms with van der Waals surface area (Å²) in [6.45, 7) is 0.589. The second-order valence-electron chi connectivity index (χ2n) is 4.61. The van der Waals surface area contributed by atoms with Crippen LogP contribution in [0, 0.1) is 0 Å². The number of rotatable bonds is 3. The zero-order chi connectivity index (χ0) is 14.7. The van der Waals surface area contributed by atoms with Gasteiger partial charge in [0, 0.05) is 21.5 Å². The quantitative estimate of drug-likeness (QED) is 0.805. The third-order valence-corrected chi connectivity index (χ3v) is 4.56. The molecule has 0 saturated carbocycles. The average Bonchev–Trinajstić information content (AvgIpc) is 2.81. The van der Waals surface area contributed by atoms with Gasteiger partial charge in [-0.05, 0) is 56.8 Å². The molecule has 5 nitrogen and oxygen atoms in total. The topological polar surface area (TPSA) is 69.6 Å². The molecule has 1 heterocycles. The number of para-hydroxylation sites is 1. The normalized spacial score (nSPS) is 18.1. The van der Waals surface area contributed by atoms with E-state index in [0.717, 1.165) is 21.8 Å². The van der Waals surface area contributed by atoms with Gasteiger partial charge >= 0.3 is 12.0 Å².